The minimum absolute atomic E-state index is 0.0298. The lowest BCUT2D eigenvalue weighted by Gasteiger charge is -2.05. The van der Waals surface area contributed by atoms with E-state index in [-0.39, 0.29) is 18.1 Å². The summed E-state index contributed by atoms with van der Waals surface area (Å²) in [6.45, 7) is 2.20. The fourth-order valence-corrected chi connectivity index (χ4v) is 1.33. The van der Waals surface area contributed by atoms with E-state index in [0.29, 0.717) is 5.92 Å². The number of aliphatic hydroxyl groups is 1. The molecule has 0 aromatic rings. The molecule has 2 nitrogen and oxygen atoms in total. The summed E-state index contributed by atoms with van der Waals surface area (Å²) in [6.07, 6.45) is 0.965. The van der Waals surface area contributed by atoms with Crippen LogP contribution < -0.4 is 0 Å². The van der Waals surface area contributed by atoms with E-state index < -0.39 is 0 Å². The second-order valence-corrected chi connectivity index (χ2v) is 3.05. The van der Waals surface area contributed by atoms with Gasteiger partial charge in [0.1, 0.15) is 5.44 Å². The number of ether oxygens (including phenoxy) is 1. The first-order chi connectivity index (χ1) is 4.24. The molecule has 1 aliphatic rings. The van der Waals surface area contributed by atoms with Gasteiger partial charge in [0.25, 0.3) is 0 Å². The highest BCUT2D eigenvalue weighted by molar-refractivity contribution is 7.80. The lowest BCUT2D eigenvalue weighted by atomic mass is 10.1. The van der Waals surface area contributed by atoms with Crippen molar-refractivity contribution in [3.63, 3.8) is 0 Å². The van der Waals surface area contributed by atoms with Gasteiger partial charge in [-0.25, -0.2) is 0 Å². The van der Waals surface area contributed by atoms with Crippen LogP contribution in [0.25, 0.3) is 0 Å². The van der Waals surface area contributed by atoms with E-state index in [1.54, 1.807) is 0 Å². The molecule has 3 heteroatoms. The summed E-state index contributed by atoms with van der Waals surface area (Å²) in [5, 5.41) is 8.64. The third-order valence-electron chi connectivity index (χ3n) is 1.66. The third-order valence-corrected chi connectivity index (χ3v) is 2.29. The van der Waals surface area contributed by atoms with E-state index in [2.05, 4.69) is 19.6 Å². The highest BCUT2D eigenvalue weighted by atomic mass is 32.1. The SMILES string of the molecule is CC1CC(CO)OC1S. The first-order valence-corrected chi connectivity index (χ1v) is 3.70. The van der Waals surface area contributed by atoms with Crippen LogP contribution in [0.5, 0.6) is 0 Å². The number of hydrogen-bond acceptors (Lipinski definition) is 3. The second-order valence-electron chi connectivity index (χ2n) is 2.54. The van der Waals surface area contributed by atoms with Crippen molar-refractivity contribution >= 4 is 12.6 Å². The second kappa shape index (κ2) is 2.90. The molecule has 1 saturated heterocycles. The first kappa shape index (κ1) is 7.38. The molecule has 0 aromatic heterocycles. The van der Waals surface area contributed by atoms with Crippen molar-refractivity contribution < 1.29 is 9.84 Å². The molecule has 0 amide bonds. The predicted molar refractivity (Wildman–Crippen MR) is 38.5 cm³/mol. The highest BCUT2D eigenvalue weighted by Gasteiger charge is 2.28. The Morgan fingerprint density at radius 1 is 1.78 bits per heavy atom. The average Bonchev–Trinajstić information content (AvgIpc) is 2.13. The number of thiol groups is 1. The van der Waals surface area contributed by atoms with Gasteiger partial charge < -0.3 is 9.84 Å². The number of hydrogen-bond donors (Lipinski definition) is 2. The molecule has 9 heavy (non-hydrogen) atoms. The molecule has 0 radical (unpaired) electrons. The fourth-order valence-electron chi connectivity index (χ4n) is 1.04. The molecule has 1 N–H and O–H groups in total. The Labute approximate surface area is 60.6 Å². The minimum atomic E-state index is 0.0298. The molecule has 1 aliphatic heterocycles. The van der Waals surface area contributed by atoms with Crippen molar-refractivity contribution in [1.82, 2.24) is 0 Å². The van der Waals surface area contributed by atoms with Gasteiger partial charge in [-0.2, -0.15) is 0 Å². The van der Waals surface area contributed by atoms with Crippen LogP contribution in [0.4, 0.5) is 0 Å². The van der Waals surface area contributed by atoms with Gasteiger partial charge in [-0.3, -0.25) is 0 Å². The lowest BCUT2D eigenvalue weighted by Crippen LogP contribution is -2.11. The van der Waals surface area contributed by atoms with Gasteiger partial charge >= 0.3 is 0 Å². The van der Waals surface area contributed by atoms with E-state index in [1.807, 2.05) is 0 Å². The van der Waals surface area contributed by atoms with Crippen molar-refractivity contribution in [3.8, 4) is 0 Å². The van der Waals surface area contributed by atoms with Crippen molar-refractivity contribution in [2.45, 2.75) is 24.9 Å². The molecule has 1 fully saturated rings. The summed E-state index contributed by atoms with van der Waals surface area (Å²) in [4.78, 5) is 0. The number of aliphatic hydroxyl groups excluding tert-OH is 1. The normalized spacial score (nSPS) is 43.7. The molecule has 3 unspecified atom stereocenters. The highest BCUT2D eigenvalue weighted by Crippen LogP contribution is 2.27. The molecule has 0 bridgehead atoms. The first-order valence-electron chi connectivity index (χ1n) is 3.18. The van der Waals surface area contributed by atoms with Crippen LogP contribution >= 0.6 is 12.6 Å². The molecule has 1 heterocycles. The quantitative estimate of drug-likeness (QED) is 0.535. The van der Waals surface area contributed by atoms with Crippen LogP contribution in [-0.2, 0) is 4.74 Å². The summed E-state index contributed by atoms with van der Waals surface area (Å²) in [5.41, 5.74) is 0.0298. The average molecular weight is 148 g/mol. The Kier molecular flexibility index (Phi) is 2.38. The van der Waals surface area contributed by atoms with Gasteiger partial charge in [0.15, 0.2) is 0 Å². The summed E-state index contributed by atoms with van der Waals surface area (Å²) in [7, 11) is 0. The van der Waals surface area contributed by atoms with Crippen LogP contribution in [0.1, 0.15) is 13.3 Å². The maximum Gasteiger partial charge on any atom is 0.103 e. The fraction of sp³-hybridized carbons (Fsp3) is 1.00. The summed E-state index contributed by atoms with van der Waals surface area (Å²) >= 11 is 4.17. The van der Waals surface area contributed by atoms with E-state index in [4.69, 9.17) is 9.84 Å². The van der Waals surface area contributed by atoms with E-state index in [1.165, 1.54) is 0 Å². The Hall–Kier alpha value is 0.270. The van der Waals surface area contributed by atoms with Crippen LogP contribution in [0.15, 0.2) is 0 Å². The molecule has 1 rings (SSSR count). The van der Waals surface area contributed by atoms with Crippen LogP contribution in [0, 0.1) is 5.92 Å². The topological polar surface area (TPSA) is 29.5 Å². The predicted octanol–water partition coefficient (Wildman–Crippen LogP) is 0.660. The van der Waals surface area contributed by atoms with Gasteiger partial charge in [-0.1, -0.05) is 6.92 Å². The Balaban J connectivity index is 2.35. The van der Waals surface area contributed by atoms with E-state index in [9.17, 15) is 0 Å². The lowest BCUT2D eigenvalue weighted by molar-refractivity contribution is 0.0445. The maximum atomic E-state index is 8.64. The monoisotopic (exact) mass is 148 g/mol. The van der Waals surface area contributed by atoms with Gasteiger partial charge in [0.2, 0.25) is 0 Å². The molecule has 0 aromatic carbocycles. The molecule has 0 aliphatic carbocycles. The van der Waals surface area contributed by atoms with Crippen molar-refractivity contribution in [1.29, 1.82) is 0 Å². The maximum absolute atomic E-state index is 8.64. The molecular formula is C6H12O2S. The zero-order chi connectivity index (χ0) is 6.85. The van der Waals surface area contributed by atoms with Crippen molar-refractivity contribution in [3.05, 3.63) is 0 Å². The third kappa shape index (κ3) is 1.60. The van der Waals surface area contributed by atoms with Crippen LogP contribution in [0.3, 0.4) is 0 Å². The van der Waals surface area contributed by atoms with E-state index >= 15 is 0 Å². The molecule has 54 valence electrons. The van der Waals surface area contributed by atoms with E-state index in [0.717, 1.165) is 6.42 Å². The minimum Gasteiger partial charge on any atom is -0.394 e. The summed E-state index contributed by atoms with van der Waals surface area (Å²) < 4.78 is 5.24. The smallest absolute Gasteiger partial charge is 0.103 e. The summed E-state index contributed by atoms with van der Waals surface area (Å²) in [5.74, 6) is 0.477. The standard InChI is InChI=1S/C6H12O2S/c1-4-2-5(3-7)8-6(4)9/h4-7,9H,2-3H2,1H3. The van der Waals surface area contributed by atoms with Crippen LogP contribution in [0.2, 0.25) is 0 Å². The zero-order valence-electron chi connectivity index (χ0n) is 5.45. The molecule has 3 atom stereocenters. The van der Waals surface area contributed by atoms with Crippen LogP contribution in [-0.4, -0.2) is 23.3 Å². The summed E-state index contributed by atoms with van der Waals surface area (Å²) in [6, 6.07) is 0. The van der Waals surface area contributed by atoms with Gasteiger partial charge in [0.05, 0.1) is 12.7 Å². The zero-order valence-corrected chi connectivity index (χ0v) is 6.34. The Bertz CT molecular complexity index is 87.1. The molecule has 0 saturated carbocycles. The molecule has 0 spiro atoms. The largest absolute Gasteiger partial charge is 0.394 e. The van der Waals surface area contributed by atoms with Gasteiger partial charge in [-0.05, 0) is 12.3 Å². The van der Waals surface area contributed by atoms with Gasteiger partial charge in [-0.15, -0.1) is 12.6 Å². The Morgan fingerprint density at radius 2 is 2.44 bits per heavy atom. The molecular weight excluding hydrogens is 136 g/mol. The number of rotatable bonds is 1. The Morgan fingerprint density at radius 3 is 2.67 bits per heavy atom. The van der Waals surface area contributed by atoms with Gasteiger partial charge in [0, 0.05) is 0 Å². The van der Waals surface area contributed by atoms with Crippen molar-refractivity contribution in [2.24, 2.45) is 5.92 Å². The van der Waals surface area contributed by atoms with Crippen molar-refractivity contribution in [2.75, 3.05) is 6.61 Å².